The van der Waals surface area contributed by atoms with Gasteiger partial charge in [0.05, 0.1) is 0 Å². The summed E-state index contributed by atoms with van der Waals surface area (Å²) in [5, 5.41) is 3.85. The number of nitrogens with two attached hydrogens (primary N) is 1. The van der Waals surface area contributed by atoms with Crippen molar-refractivity contribution in [3.05, 3.63) is 41.0 Å². The number of rotatable bonds is 5. The van der Waals surface area contributed by atoms with Crippen LogP contribution >= 0.6 is 11.5 Å². The van der Waals surface area contributed by atoms with Crippen LogP contribution in [0.3, 0.4) is 0 Å². The van der Waals surface area contributed by atoms with E-state index in [-0.39, 0.29) is 5.82 Å². The van der Waals surface area contributed by atoms with E-state index < -0.39 is 0 Å². The largest absolute Gasteiger partial charge is 0.359 e. The van der Waals surface area contributed by atoms with E-state index in [4.69, 9.17) is 5.73 Å². The molecule has 18 heavy (non-hydrogen) atoms. The van der Waals surface area contributed by atoms with Crippen molar-refractivity contribution in [2.45, 2.75) is 13.3 Å². The van der Waals surface area contributed by atoms with Crippen molar-refractivity contribution in [1.29, 1.82) is 0 Å². The van der Waals surface area contributed by atoms with Crippen LogP contribution in [0, 0.1) is 12.7 Å². The van der Waals surface area contributed by atoms with E-state index in [0.717, 1.165) is 16.5 Å². The highest BCUT2D eigenvalue weighted by Crippen LogP contribution is 2.15. The summed E-state index contributed by atoms with van der Waals surface area (Å²) in [6, 6.07) is 5.06. The number of nitrogens with zero attached hydrogens (tertiary/aromatic N) is 2. The normalized spacial score (nSPS) is 10.6. The van der Waals surface area contributed by atoms with Crippen LogP contribution in [0.1, 0.15) is 17.0 Å². The lowest BCUT2D eigenvalue weighted by Crippen LogP contribution is -2.12. The fourth-order valence-electron chi connectivity index (χ4n) is 1.58. The molecule has 0 aliphatic rings. The molecule has 0 spiro atoms. The Labute approximate surface area is 109 Å². The first-order valence-electron chi connectivity index (χ1n) is 5.70. The third kappa shape index (κ3) is 3.24. The summed E-state index contributed by atoms with van der Waals surface area (Å²) in [7, 11) is 0. The molecule has 0 atom stereocenters. The maximum atomic E-state index is 13.1. The number of hydrogen-bond donors (Lipinski definition) is 2. The van der Waals surface area contributed by atoms with Crippen molar-refractivity contribution in [3.63, 3.8) is 0 Å². The van der Waals surface area contributed by atoms with Crippen molar-refractivity contribution in [1.82, 2.24) is 9.36 Å². The summed E-state index contributed by atoms with van der Waals surface area (Å²) < 4.78 is 17.4. The number of halogens is 1. The number of hydrogen-bond acceptors (Lipinski definition) is 5. The molecule has 3 N–H and O–H groups in total. The zero-order chi connectivity index (χ0) is 13.0. The van der Waals surface area contributed by atoms with Gasteiger partial charge >= 0.3 is 0 Å². The summed E-state index contributed by atoms with van der Waals surface area (Å²) in [4.78, 5) is 4.34. The third-order valence-electron chi connectivity index (χ3n) is 2.47. The van der Waals surface area contributed by atoms with E-state index in [0.29, 0.717) is 25.1 Å². The quantitative estimate of drug-likeness (QED) is 0.868. The molecule has 0 saturated carbocycles. The first-order chi connectivity index (χ1) is 8.69. The highest BCUT2D eigenvalue weighted by atomic mass is 32.1. The standard InChI is InChI=1S/C12H15FN4S/c1-8-6-9(2-3-10(8)13)7-11-16-12(18-17-11)15-5-4-14/h2-3,6H,4-5,7,14H2,1H3,(H,15,16,17). The molecule has 4 nitrogen and oxygen atoms in total. The van der Waals surface area contributed by atoms with Gasteiger partial charge in [-0.3, -0.25) is 0 Å². The topological polar surface area (TPSA) is 63.8 Å². The average molecular weight is 266 g/mol. The van der Waals surface area contributed by atoms with E-state index in [2.05, 4.69) is 14.7 Å². The van der Waals surface area contributed by atoms with E-state index in [1.807, 2.05) is 6.07 Å². The molecule has 0 bridgehead atoms. The minimum Gasteiger partial charge on any atom is -0.359 e. The van der Waals surface area contributed by atoms with Gasteiger partial charge in [0.2, 0.25) is 5.13 Å². The molecular weight excluding hydrogens is 251 g/mol. The first kappa shape index (κ1) is 12.9. The van der Waals surface area contributed by atoms with Gasteiger partial charge in [0, 0.05) is 31.0 Å². The molecule has 1 aromatic carbocycles. The molecule has 0 amide bonds. The number of anilines is 1. The van der Waals surface area contributed by atoms with Gasteiger partial charge in [-0.15, -0.1) is 0 Å². The number of nitrogens with one attached hydrogen (secondary N) is 1. The summed E-state index contributed by atoms with van der Waals surface area (Å²) in [5.74, 6) is 0.556. The second-order valence-electron chi connectivity index (χ2n) is 3.99. The van der Waals surface area contributed by atoms with Crippen LogP contribution in [0.5, 0.6) is 0 Å². The lowest BCUT2D eigenvalue weighted by atomic mass is 10.1. The summed E-state index contributed by atoms with van der Waals surface area (Å²) >= 11 is 1.31. The van der Waals surface area contributed by atoms with Gasteiger partial charge in [0.15, 0.2) is 0 Å². The Bertz CT molecular complexity index is 527. The molecule has 0 aliphatic heterocycles. The molecule has 2 rings (SSSR count). The molecule has 0 fully saturated rings. The van der Waals surface area contributed by atoms with Crippen LogP contribution in [0.15, 0.2) is 18.2 Å². The Morgan fingerprint density at radius 2 is 2.28 bits per heavy atom. The molecule has 1 heterocycles. The number of benzene rings is 1. The van der Waals surface area contributed by atoms with Crippen LogP contribution in [0.25, 0.3) is 0 Å². The van der Waals surface area contributed by atoms with Crippen LogP contribution in [0.4, 0.5) is 9.52 Å². The van der Waals surface area contributed by atoms with Crippen LogP contribution < -0.4 is 11.1 Å². The van der Waals surface area contributed by atoms with E-state index in [9.17, 15) is 4.39 Å². The second-order valence-corrected chi connectivity index (χ2v) is 4.74. The molecule has 6 heteroatoms. The van der Waals surface area contributed by atoms with E-state index in [1.54, 1.807) is 13.0 Å². The van der Waals surface area contributed by atoms with Crippen molar-refractivity contribution >= 4 is 16.7 Å². The van der Waals surface area contributed by atoms with Crippen molar-refractivity contribution in [3.8, 4) is 0 Å². The SMILES string of the molecule is Cc1cc(Cc2nsc(NCCN)n2)ccc1F. The maximum absolute atomic E-state index is 13.1. The van der Waals surface area contributed by atoms with Gasteiger partial charge in [0.1, 0.15) is 11.6 Å². The predicted molar refractivity (Wildman–Crippen MR) is 71.4 cm³/mol. The molecule has 0 aliphatic carbocycles. The summed E-state index contributed by atoms with van der Waals surface area (Å²) in [5.41, 5.74) is 7.05. The minimum absolute atomic E-state index is 0.185. The van der Waals surface area contributed by atoms with Crippen molar-refractivity contribution < 1.29 is 4.39 Å². The minimum atomic E-state index is -0.185. The Morgan fingerprint density at radius 1 is 1.44 bits per heavy atom. The smallest absolute Gasteiger partial charge is 0.202 e. The molecule has 1 aromatic heterocycles. The van der Waals surface area contributed by atoms with Crippen molar-refractivity contribution in [2.75, 3.05) is 18.4 Å². The zero-order valence-electron chi connectivity index (χ0n) is 10.1. The van der Waals surface area contributed by atoms with Gasteiger partial charge < -0.3 is 11.1 Å². The van der Waals surface area contributed by atoms with Gasteiger partial charge in [0.25, 0.3) is 0 Å². The Hall–Kier alpha value is -1.53. The summed E-state index contributed by atoms with van der Waals surface area (Å²) in [6.07, 6.45) is 0.613. The Balaban J connectivity index is 2.04. The lowest BCUT2D eigenvalue weighted by Gasteiger charge is -2.00. The molecule has 0 unspecified atom stereocenters. The van der Waals surface area contributed by atoms with Gasteiger partial charge in [-0.05, 0) is 24.1 Å². The van der Waals surface area contributed by atoms with Gasteiger partial charge in [-0.25, -0.2) is 9.37 Å². The summed E-state index contributed by atoms with van der Waals surface area (Å²) in [6.45, 7) is 3.00. The van der Waals surface area contributed by atoms with Crippen molar-refractivity contribution in [2.24, 2.45) is 5.73 Å². The second kappa shape index (κ2) is 5.88. The zero-order valence-corrected chi connectivity index (χ0v) is 10.9. The average Bonchev–Trinajstić information content (AvgIpc) is 2.79. The number of aromatic nitrogens is 2. The molecule has 0 saturated heterocycles. The fourth-order valence-corrected chi connectivity index (χ4v) is 2.19. The van der Waals surface area contributed by atoms with Gasteiger partial charge in [-0.2, -0.15) is 4.37 Å². The van der Waals surface area contributed by atoms with Gasteiger partial charge in [-0.1, -0.05) is 12.1 Å². The number of aryl methyl sites for hydroxylation is 1. The Morgan fingerprint density at radius 3 is 3.00 bits per heavy atom. The highest BCUT2D eigenvalue weighted by Gasteiger charge is 2.06. The van der Waals surface area contributed by atoms with Crippen LogP contribution in [-0.4, -0.2) is 22.4 Å². The maximum Gasteiger partial charge on any atom is 0.202 e. The monoisotopic (exact) mass is 266 g/mol. The van der Waals surface area contributed by atoms with Crippen LogP contribution in [0.2, 0.25) is 0 Å². The van der Waals surface area contributed by atoms with E-state index in [1.165, 1.54) is 17.6 Å². The lowest BCUT2D eigenvalue weighted by molar-refractivity contribution is 0.617. The fraction of sp³-hybridized carbons (Fsp3) is 0.333. The first-order valence-corrected chi connectivity index (χ1v) is 6.48. The Kier molecular flexibility index (Phi) is 4.22. The molecule has 2 aromatic rings. The molecule has 0 radical (unpaired) electrons. The third-order valence-corrected chi connectivity index (χ3v) is 3.18. The highest BCUT2D eigenvalue weighted by molar-refractivity contribution is 7.09. The molecule has 96 valence electrons. The van der Waals surface area contributed by atoms with E-state index >= 15 is 0 Å². The van der Waals surface area contributed by atoms with Crippen LogP contribution in [-0.2, 0) is 6.42 Å². The molecular formula is C12H15FN4S. The predicted octanol–water partition coefficient (Wildman–Crippen LogP) is 1.95.